The molecule has 0 fully saturated rings. The van der Waals surface area contributed by atoms with E-state index in [0.29, 0.717) is 5.56 Å². The first-order chi connectivity index (χ1) is 14.2. The van der Waals surface area contributed by atoms with E-state index in [0.717, 1.165) is 11.1 Å². The van der Waals surface area contributed by atoms with E-state index in [1.807, 2.05) is 26.0 Å². The first-order valence-electron chi connectivity index (χ1n) is 8.96. The zero-order valence-corrected chi connectivity index (χ0v) is 17.1. The number of ether oxygens (including phenoxy) is 2. The molecule has 0 heterocycles. The zero-order valence-electron chi connectivity index (χ0n) is 16.3. The lowest BCUT2D eigenvalue weighted by Crippen LogP contribution is -2.21. The van der Waals surface area contributed by atoms with Crippen LogP contribution in [0.5, 0.6) is 5.75 Å². The number of carbonyl (C=O) groups excluding carboxylic acids is 3. The molecule has 0 bridgehead atoms. The van der Waals surface area contributed by atoms with Gasteiger partial charge in [-0.25, -0.2) is 0 Å². The van der Waals surface area contributed by atoms with Gasteiger partial charge >= 0.3 is 12.6 Å². The Labute approximate surface area is 177 Å². The number of esters is 1. The number of nitrogens with one attached hydrogen (secondary N) is 1. The van der Waals surface area contributed by atoms with Gasteiger partial charge in [-0.15, -0.1) is 0 Å². The van der Waals surface area contributed by atoms with E-state index in [1.54, 1.807) is 6.07 Å². The van der Waals surface area contributed by atoms with Crippen molar-refractivity contribution in [1.82, 2.24) is 0 Å². The Hall–Kier alpha value is -3.00. The third kappa shape index (κ3) is 7.11. The summed E-state index contributed by atoms with van der Waals surface area (Å²) in [6.07, 6.45) is -0.197. The van der Waals surface area contributed by atoms with Crippen LogP contribution in [0.2, 0.25) is 5.02 Å². The quantitative estimate of drug-likeness (QED) is 0.452. The number of alkyl halides is 2. The summed E-state index contributed by atoms with van der Waals surface area (Å²) in [5.74, 6) is -1.76. The highest BCUT2D eigenvalue weighted by Gasteiger charge is 2.15. The molecule has 0 aromatic heterocycles. The smallest absolute Gasteiger partial charge is 0.387 e. The number of rotatable bonds is 9. The largest absolute Gasteiger partial charge is 0.456 e. The monoisotopic (exact) mass is 439 g/mol. The number of hydrogen-bond acceptors (Lipinski definition) is 5. The van der Waals surface area contributed by atoms with Gasteiger partial charge in [0.1, 0.15) is 5.75 Å². The SMILES string of the molecule is Cc1ccc(C)c(C(=O)CCC(=O)OCC(=O)Nc2ccc(OC(F)F)c(Cl)c2)c1. The van der Waals surface area contributed by atoms with Crippen LogP contribution in [0.15, 0.2) is 36.4 Å². The highest BCUT2D eigenvalue weighted by Crippen LogP contribution is 2.28. The van der Waals surface area contributed by atoms with E-state index in [-0.39, 0.29) is 35.1 Å². The van der Waals surface area contributed by atoms with Gasteiger partial charge in [-0.3, -0.25) is 14.4 Å². The van der Waals surface area contributed by atoms with Crippen molar-refractivity contribution < 1.29 is 32.6 Å². The van der Waals surface area contributed by atoms with Crippen molar-refractivity contribution in [2.45, 2.75) is 33.3 Å². The van der Waals surface area contributed by atoms with Crippen LogP contribution in [-0.2, 0) is 14.3 Å². The van der Waals surface area contributed by atoms with Gasteiger partial charge in [-0.05, 0) is 43.7 Å². The van der Waals surface area contributed by atoms with Crippen molar-refractivity contribution >= 4 is 34.9 Å². The third-order valence-corrected chi connectivity index (χ3v) is 4.34. The Morgan fingerprint density at radius 2 is 1.80 bits per heavy atom. The second-order valence-corrected chi connectivity index (χ2v) is 6.88. The molecule has 0 unspecified atom stereocenters. The summed E-state index contributed by atoms with van der Waals surface area (Å²) in [6, 6.07) is 9.21. The summed E-state index contributed by atoms with van der Waals surface area (Å²) in [6.45, 7) is 0.0939. The maximum atomic E-state index is 12.3. The van der Waals surface area contributed by atoms with Crippen LogP contribution in [0.25, 0.3) is 0 Å². The number of hydrogen-bond donors (Lipinski definition) is 1. The molecule has 1 N–H and O–H groups in total. The average molecular weight is 440 g/mol. The maximum Gasteiger partial charge on any atom is 0.387 e. The predicted molar refractivity (Wildman–Crippen MR) is 107 cm³/mol. The number of ketones is 1. The summed E-state index contributed by atoms with van der Waals surface area (Å²) in [5.41, 5.74) is 2.53. The molecular formula is C21H20ClF2NO5. The van der Waals surface area contributed by atoms with Gasteiger partial charge in [0.05, 0.1) is 11.4 Å². The van der Waals surface area contributed by atoms with Crippen LogP contribution in [0, 0.1) is 13.8 Å². The summed E-state index contributed by atoms with van der Waals surface area (Å²) in [4.78, 5) is 36.0. The molecule has 30 heavy (non-hydrogen) atoms. The minimum atomic E-state index is -3.02. The van der Waals surface area contributed by atoms with Gasteiger partial charge in [0, 0.05) is 17.7 Å². The van der Waals surface area contributed by atoms with Crippen molar-refractivity contribution in [3.05, 3.63) is 58.1 Å². The molecule has 160 valence electrons. The summed E-state index contributed by atoms with van der Waals surface area (Å²) >= 11 is 5.80. The molecular weight excluding hydrogens is 420 g/mol. The number of anilines is 1. The maximum absolute atomic E-state index is 12.3. The summed E-state index contributed by atoms with van der Waals surface area (Å²) in [7, 11) is 0. The minimum Gasteiger partial charge on any atom is -0.456 e. The highest BCUT2D eigenvalue weighted by molar-refractivity contribution is 6.32. The van der Waals surface area contributed by atoms with Crippen molar-refractivity contribution in [2.75, 3.05) is 11.9 Å². The van der Waals surface area contributed by atoms with Crippen molar-refractivity contribution in [3.63, 3.8) is 0 Å². The minimum absolute atomic E-state index is 0.0358. The third-order valence-electron chi connectivity index (χ3n) is 4.05. The Bertz CT molecular complexity index is 949. The van der Waals surface area contributed by atoms with E-state index in [1.165, 1.54) is 18.2 Å². The summed E-state index contributed by atoms with van der Waals surface area (Å²) < 4.78 is 33.5. The molecule has 0 atom stereocenters. The Balaban J connectivity index is 1.79. The molecule has 6 nitrogen and oxygen atoms in total. The Morgan fingerprint density at radius 3 is 2.47 bits per heavy atom. The first-order valence-corrected chi connectivity index (χ1v) is 9.34. The van der Waals surface area contributed by atoms with E-state index in [4.69, 9.17) is 16.3 Å². The second kappa shape index (κ2) is 10.7. The van der Waals surface area contributed by atoms with Gasteiger partial charge in [-0.2, -0.15) is 8.78 Å². The average Bonchev–Trinajstić information content (AvgIpc) is 2.68. The molecule has 0 radical (unpaired) electrons. The standard InChI is InChI=1S/C21H20ClF2NO5/c1-12-3-4-13(2)15(9-12)17(26)6-8-20(28)29-11-19(27)25-14-5-7-18(16(22)10-14)30-21(23)24/h3-5,7,9-10,21H,6,8,11H2,1-2H3,(H,25,27). The van der Waals surface area contributed by atoms with E-state index < -0.39 is 25.1 Å². The van der Waals surface area contributed by atoms with Crippen LogP contribution >= 0.6 is 11.6 Å². The molecule has 0 spiro atoms. The van der Waals surface area contributed by atoms with E-state index >= 15 is 0 Å². The lowest BCUT2D eigenvalue weighted by atomic mass is 9.99. The number of halogens is 3. The normalized spacial score (nSPS) is 10.6. The van der Waals surface area contributed by atoms with Crippen LogP contribution in [-0.4, -0.2) is 30.9 Å². The number of benzene rings is 2. The number of amides is 1. The van der Waals surface area contributed by atoms with Crippen molar-refractivity contribution in [1.29, 1.82) is 0 Å². The molecule has 0 aliphatic rings. The van der Waals surface area contributed by atoms with Gasteiger partial charge in [0.25, 0.3) is 5.91 Å². The van der Waals surface area contributed by atoms with Crippen LogP contribution in [0.1, 0.15) is 34.3 Å². The number of aryl methyl sites for hydroxylation is 2. The van der Waals surface area contributed by atoms with Crippen LogP contribution < -0.4 is 10.1 Å². The molecule has 0 aliphatic carbocycles. The predicted octanol–water partition coefficient (Wildman–Crippen LogP) is 4.70. The Morgan fingerprint density at radius 1 is 1.07 bits per heavy atom. The van der Waals surface area contributed by atoms with Crippen molar-refractivity contribution in [2.24, 2.45) is 0 Å². The second-order valence-electron chi connectivity index (χ2n) is 6.47. The number of Topliss-reactive ketones (excluding diaryl/α,β-unsaturated/α-hetero) is 1. The highest BCUT2D eigenvalue weighted by atomic mass is 35.5. The van der Waals surface area contributed by atoms with Gasteiger partial charge < -0.3 is 14.8 Å². The molecule has 2 rings (SSSR count). The van der Waals surface area contributed by atoms with Gasteiger partial charge in [0.2, 0.25) is 0 Å². The summed E-state index contributed by atoms with van der Waals surface area (Å²) in [5, 5.41) is 2.30. The lowest BCUT2D eigenvalue weighted by molar-refractivity contribution is -0.147. The lowest BCUT2D eigenvalue weighted by Gasteiger charge is -2.10. The zero-order chi connectivity index (χ0) is 22.3. The van der Waals surface area contributed by atoms with Gasteiger partial charge in [-0.1, -0.05) is 29.3 Å². The molecule has 2 aromatic carbocycles. The molecule has 0 saturated heterocycles. The fourth-order valence-corrected chi connectivity index (χ4v) is 2.80. The van der Waals surface area contributed by atoms with Gasteiger partial charge in [0.15, 0.2) is 12.4 Å². The molecule has 2 aromatic rings. The Kier molecular flexibility index (Phi) is 8.29. The topological polar surface area (TPSA) is 81.7 Å². The van der Waals surface area contributed by atoms with E-state index in [2.05, 4.69) is 10.1 Å². The number of carbonyl (C=O) groups is 3. The first kappa shape index (κ1) is 23.3. The van der Waals surface area contributed by atoms with E-state index in [9.17, 15) is 23.2 Å². The molecule has 0 aliphatic heterocycles. The van der Waals surface area contributed by atoms with Crippen molar-refractivity contribution in [3.8, 4) is 5.75 Å². The van der Waals surface area contributed by atoms with Crippen LogP contribution in [0.3, 0.4) is 0 Å². The molecule has 0 saturated carbocycles. The molecule has 9 heteroatoms. The fraction of sp³-hybridized carbons (Fsp3) is 0.286. The molecule has 1 amide bonds. The fourth-order valence-electron chi connectivity index (χ4n) is 2.57. The van der Waals surface area contributed by atoms with Crippen LogP contribution in [0.4, 0.5) is 14.5 Å².